The quantitative estimate of drug-likeness (QED) is 0.297. The number of nitro benzene ring substituents is 1. The molecule has 11 nitrogen and oxygen atoms in total. The summed E-state index contributed by atoms with van der Waals surface area (Å²) in [6, 6.07) is 12.2. The Morgan fingerprint density at radius 3 is 2.47 bits per heavy atom. The summed E-state index contributed by atoms with van der Waals surface area (Å²) in [4.78, 5) is 50.7. The van der Waals surface area contributed by atoms with Gasteiger partial charge >= 0.3 is 5.97 Å². The Balaban J connectivity index is 1.71. The molecule has 0 radical (unpaired) electrons. The van der Waals surface area contributed by atoms with Crippen molar-refractivity contribution in [2.45, 2.75) is 0 Å². The monoisotopic (exact) mass is 405 g/mol. The number of hydrogen-bond donors (Lipinski definition) is 2. The largest absolute Gasteiger partial charge is 0.476 e. The average molecular weight is 405 g/mol. The van der Waals surface area contributed by atoms with E-state index in [1.807, 2.05) is 0 Å². The lowest BCUT2D eigenvalue weighted by Crippen LogP contribution is -2.20. The van der Waals surface area contributed by atoms with E-state index in [1.54, 1.807) is 6.07 Å². The molecule has 148 valence electrons. The Morgan fingerprint density at radius 1 is 1.07 bits per heavy atom. The summed E-state index contributed by atoms with van der Waals surface area (Å²) < 4.78 is 0.883. The highest BCUT2D eigenvalue weighted by Crippen LogP contribution is 2.18. The van der Waals surface area contributed by atoms with Crippen molar-refractivity contribution >= 4 is 39.8 Å². The average Bonchev–Trinajstić information content (AvgIpc) is 2.74. The minimum atomic E-state index is -1.28. The predicted octanol–water partition coefficient (Wildman–Crippen LogP) is 2.10. The topological polar surface area (TPSA) is 157 Å². The predicted molar refractivity (Wildman–Crippen MR) is 105 cm³/mol. The zero-order chi connectivity index (χ0) is 21.4. The van der Waals surface area contributed by atoms with Crippen molar-refractivity contribution in [3.05, 3.63) is 86.3 Å². The first kappa shape index (κ1) is 18.7. The molecule has 0 bridgehead atoms. The number of nitrogens with one attached hydrogen (secondary N) is 1. The van der Waals surface area contributed by atoms with E-state index in [0.717, 1.165) is 4.52 Å². The second-order valence-electron chi connectivity index (χ2n) is 6.20. The van der Waals surface area contributed by atoms with Crippen molar-refractivity contribution in [1.29, 1.82) is 0 Å². The molecule has 0 spiro atoms. The van der Waals surface area contributed by atoms with Gasteiger partial charge in [-0.3, -0.25) is 19.7 Å². The molecule has 2 heterocycles. The molecule has 0 aliphatic heterocycles. The van der Waals surface area contributed by atoms with E-state index in [1.165, 1.54) is 48.5 Å². The Hall–Kier alpha value is -4.67. The summed E-state index contributed by atoms with van der Waals surface area (Å²) in [6.07, 6.45) is 0. The number of carboxylic acids is 1. The van der Waals surface area contributed by atoms with Gasteiger partial charge in [-0.1, -0.05) is 0 Å². The van der Waals surface area contributed by atoms with Gasteiger partial charge in [-0.25, -0.2) is 9.78 Å². The van der Waals surface area contributed by atoms with Gasteiger partial charge in [0, 0.05) is 23.4 Å². The van der Waals surface area contributed by atoms with Crippen LogP contribution in [0.2, 0.25) is 0 Å². The highest BCUT2D eigenvalue weighted by molar-refractivity contribution is 6.05. The molecule has 2 N–H and O–H groups in total. The smallest absolute Gasteiger partial charge is 0.356 e. The molecule has 30 heavy (non-hydrogen) atoms. The summed E-state index contributed by atoms with van der Waals surface area (Å²) in [6.45, 7) is 0. The van der Waals surface area contributed by atoms with Gasteiger partial charge in [-0.15, -0.1) is 0 Å². The van der Waals surface area contributed by atoms with E-state index < -0.39 is 22.4 Å². The lowest BCUT2D eigenvalue weighted by Gasteiger charge is -2.07. The van der Waals surface area contributed by atoms with Crippen LogP contribution in [0, 0.1) is 10.1 Å². The fourth-order valence-corrected chi connectivity index (χ4v) is 2.82. The number of fused-ring (bicyclic) bond motifs is 2. The third kappa shape index (κ3) is 3.30. The second kappa shape index (κ2) is 7.05. The minimum Gasteiger partial charge on any atom is -0.476 e. The number of nitro groups is 1. The molecule has 2 aromatic heterocycles. The molecule has 0 aliphatic carbocycles. The van der Waals surface area contributed by atoms with Gasteiger partial charge in [-0.2, -0.15) is 9.61 Å². The van der Waals surface area contributed by atoms with Crippen LogP contribution >= 0.6 is 0 Å². The van der Waals surface area contributed by atoms with Crippen molar-refractivity contribution < 1.29 is 19.6 Å². The number of aromatic nitrogens is 3. The molecule has 11 heteroatoms. The first-order valence-corrected chi connectivity index (χ1v) is 8.46. The molecule has 2 aromatic carbocycles. The van der Waals surface area contributed by atoms with Crippen LogP contribution < -0.4 is 10.9 Å². The van der Waals surface area contributed by atoms with Gasteiger partial charge < -0.3 is 10.4 Å². The SMILES string of the molecule is O=C(Nc1ccc2nc3ccc(C(=O)O)nn3c(=O)c2c1)c1ccc([N+](=O)[O-])cc1. The number of aromatic carboxylic acids is 1. The molecule has 0 saturated carbocycles. The van der Waals surface area contributed by atoms with E-state index >= 15 is 0 Å². The molecule has 0 unspecified atom stereocenters. The van der Waals surface area contributed by atoms with Crippen molar-refractivity contribution in [3.8, 4) is 0 Å². The highest BCUT2D eigenvalue weighted by Gasteiger charge is 2.13. The van der Waals surface area contributed by atoms with Crippen LogP contribution in [0.15, 0.2) is 59.4 Å². The minimum absolute atomic E-state index is 0.129. The molecular formula is C19H11N5O6. The molecule has 0 atom stereocenters. The summed E-state index contributed by atoms with van der Waals surface area (Å²) in [5, 5.41) is 26.3. The van der Waals surface area contributed by atoms with Crippen LogP contribution in [-0.4, -0.2) is 36.5 Å². The summed E-state index contributed by atoms with van der Waals surface area (Å²) in [5.74, 6) is -1.81. The Bertz CT molecular complexity index is 1410. The van der Waals surface area contributed by atoms with E-state index in [-0.39, 0.29) is 28.0 Å². The highest BCUT2D eigenvalue weighted by atomic mass is 16.6. The Morgan fingerprint density at radius 2 is 1.80 bits per heavy atom. The van der Waals surface area contributed by atoms with Gasteiger partial charge in [0.25, 0.3) is 17.2 Å². The van der Waals surface area contributed by atoms with Gasteiger partial charge in [0.15, 0.2) is 11.3 Å². The maximum atomic E-state index is 12.8. The first-order chi connectivity index (χ1) is 14.3. The lowest BCUT2D eigenvalue weighted by molar-refractivity contribution is -0.384. The van der Waals surface area contributed by atoms with E-state index in [0.29, 0.717) is 11.2 Å². The van der Waals surface area contributed by atoms with Crippen molar-refractivity contribution in [2.75, 3.05) is 5.32 Å². The normalized spacial score (nSPS) is 10.8. The van der Waals surface area contributed by atoms with Gasteiger partial charge in [0.05, 0.1) is 15.8 Å². The van der Waals surface area contributed by atoms with Crippen LogP contribution in [0.1, 0.15) is 20.8 Å². The van der Waals surface area contributed by atoms with E-state index in [9.17, 15) is 24.5 Å². The molecule has 1 amide bonds. The molecular weight excluding hydrogens is 394 g/mol. The fraction of sp³-hybridized carbons (Fsp3) is 0. The number of nitrogens with zero attached hydrogens (tertiary/aromatic N) is 4. The zero-order valence-corrected chi connectivity index (χ0v) is 15.0. The van der Waals surface area contributed by atoms with Crippen molar-refractivity contribution in [1.82, 2.24) is 14.6 Å². The lowest BCUT2D eigenvalue weighted by atomic mass is 10.1. The molecule has 0 saturated heterocycles. The number of hydrogen-bond acceptors (Lipinski definition) is 7. The number of carbonyl (C=O) groups is 2. The van der Waals surface area contributed by atoms with Crippen molar-refractivity contribution in [3.63, 3.8) is 0 Å². The van der Waals surface area contributed by atoms with Crippen LogP contribution in [0.5, 0.6) is 0 Å². The van der Waals surface area contributed by atoms with Crippen LogP contribution in [0.4, 0.5) is 11.4 Å². The first-order valence-electron chi connectivity index (χ1n) is 8.46. The third-order valence-electron chi connectivity index (χ3n) is 4.29. The van der Waals surface area contributed by atoms with Crippen molar-refractivity contribution in [2.24, 2.45) is 0 Å². The molecule has 0 fully saturated rings. The molecule has 4 rings (SSSR count). The molecule has 0 aliphatic rings. The van der Waals surface area contributed by atoms with Crippen LogP contribution in [0.25, 0.3) is 16.6 Å². The summed E-state index contributed by atoms with van der Waals surface area (Å²) >= 11 is 0. The second-order valence-corrected chi connectivity index (χ2v) is 6.20. The summed E-state index contributed by atoms with van der Waals surface area (Å²) in [7, 11) is 0. The third-order valence-corrected chi connectivity index (χ3v) is 4.29. The molecule has 4 aromatic rings. The zero-order valence-electron chi connectivity index (χ0n) is 15.0. The Kier molecular flexibility index (Phi) is 4.39. The Labute approximate surface area is 166 Å². The van der Waals surface area contributed by atoms with Gasteiger partial charge in [-0.05, 0) is 42.5 Å². The number of anilines is 1. The number of amides is 1. The van der Waals surface area contributed by atoms with Crippen LogP contribution in [-0.2, 0) is 0 Å². The number of rotatable bonds is 4. The standard InChI is InChI=1S/C19H11N5O6/c25-17(10-1-4-12(5-2-10)24(29)30)20-11-3-6-14-13(9-11)18(26)23-16(21-14)8-7-15(22-23)19(27)28/h1-9H,(H,20,25)(H,27,28). The number of carboxylic acid groups (broad SMARTS) is 1. The maximum absolute atomic E-state index is 12.8. The summed E-state index contributed by atoms with van der Waals surface area (Å²) in [5.41, 5.74) is -0.0336. The fourth-order valence-electron chi connectivity index (χ4n) is 2.82. The van der Waals surface area contributed by atoms with Gasteiger partial charge in [0.2, 0.25) is 0 Å². The number of benzene rings is 2. The maximum Gasteiger partial charge on any atom is 0.356 e. The number of non-ortho nitro benzene ring substituents is 1. The van der Waals surface area contributed by atoms with E-state index in [4.69, 9.17) is 5.11 Å². The number of carbonyl (C=O) groups excluding carboxylic acids is 1. The van der Waals surface area contributed by atoms with Crippen LogP contribution in [0.3, 0.4) is 0 Å². The van der Waals surface area contributed by atoms with Gasteiger partial charge in [0.1, 0.15) is 0 Å². The van der Waals surface area contributed by atoms with E-state index in [2.05, 4.69) is 15.4 Å².